The summed E-state index contributed by atoms with van der Waals surface area (Å²) < 4.78 is 68.8. The van der Waals surface area contributed by atoms with Crippen molar-refractivity contribution in [2.45, 2.75) is 76.8 Å². The molecule has 3 atom stereocenters. The summed E-state index contributed by atoms with van der Waals surface area (Å²) in [6.45, 7) is 8.32. The Labute approximate surface area is 134 Å². The van der Waals surface area contributed by atoms with Crippen LogP contribution in [0.25, 0.3) is 0 Å². The van der Waals surface area contributed by atoms with Crippen LogP contribution in [0.5, 0.6) is 0 Å². The van der Waals surface area contributed by atoms with Gasteiger partial charge in [0.15, 0.2) is 0 Å². The summed E-state index contributed by atoms with van der Waals surface area (Å²) in [6.07, 6.45) is -1.78. The van der Waals surface area contributed by atoms with E-state index in [0.29, 0.717) is 0 Å². The van der Waals surface area contributed by atoms with E-state index in [4.69, 9.17) is 4.74 Å². The van der Waals surface area contributed by atoms with Gasteiger partial charge in [-0.2, -0.15) is 21.6 Å². The number of halogens is 3. The van der Waals surface area contributed by atoms with Crippen LogP contribution < -0.4 is 0 Å². The van der Waals surface area contributed by atoms with Crippen LogP contribution in [-0.2, 0) is 19.0 Å². The van der Waals surface area contributed by atoms with Crippen molar-refractivity contribution in [2.75, 3.05) is 0 Å². The van der Waals surface area contributed by atoms with Gasteiger partial charge in [0.25, 0.3) is 0 Å². The molecule has 0 spiro atoms. The molecule has 0 bridgehead atoms. The zero-order valence-electron chi connectivity index (χ0n) is 13.7. The number of nitrogens with zero attached hydrogens (tertiary/aromatic N) is 1. The Hall–Kier alpha value is -1.03. The first-order chi connectivity index (χ1) is 10.1. The van der Waals surface area contributed by atoms with E-state index in [1.807, 2.05) is 0 Å². The van der Waals surface area contributed by atoms with Crippen molar-refractivity contribution >= 4 is 16.2 Å². The predicted octanol–water partition coefficient (Wildman–Crippen LogP) is 3.03. The quantitative estimate of drug-likeness (QED) is 0.558. The highest BCUT2D eigenvalue weighted by atomic mass is 32.2. The maximum absolute atomic E-state index is 12.4. The minimum absolute atomic E-state index is 0.0289. The lowest BCUT2D eigenvalue weighted by Gasteiger charge is -2.42. The molecular formula is C13H22F3NO5S. The van der Waals surface area contributed by atoms with Crippen molar-refractivity contribution in [1.29, 1.82) is 0 Å². The van der Waals surface area contributed by atoms with Crippen LogP contribution in [0, 0.1) is 0 Å². The average Bonchev–Trinajstić information content (AvgIpc) is 2.22. The van der Waals surface area contributed by atoms with Gasteiger partial charge in [-0.15, -0.1) is 0 Å². The molecule has 1 aliphatic rings. The molecule has 0 aromatic heterocycles. The molecule has 0 N–H and O–H groups in total. The van der Waals surface area contributed by atoms with Crippen LogP contribution in [0.1, 0.15) is 47.5 Å². The minimum Gasteiger partial charge on any atom is -0.444 e. The van der Waals surface area contributed by atoms with Crippen molar-refractivity contribution in [3.8, 4) is 0 Å². The molecule has 1 unspecified atom stereocenters. The smallest absolute Gasteiger partial charge is 0.444 e. The van der Waals surface area contributed by atoms with Gasteiger partial charge in [-0.25, -0.2) is 4.79 Å². The molecule has 10 heteroatoms. The SMILES string of the molecule is C[C@@H]1CC(OS(=O)(=O)C(F)(F)F)C[C@H](C)N1C(=O)OC(C)(C)C. The summed E-state index contributed by atoms with van der Waals surface area (Å²) in [5.74, 6) is 0. The fourth-order valence-electron chi connectivity index (χ4n) is 2.51. The molecule has 1 saturated heterocycles. The zero-order valence-corrected chi connectivity index (χ0v) is 14.5. The third-order valence-corrected chi connectivity index (χ3v) is 4.40. The van der Waals surface area contributed by atoms with E-state index >= 15 is 0 Å². The number of carbonyl (C=O) groups excluding carboxylic acids is 1. The molecule has 1 fully saturated rings. The number of piperidine rings is 1. The normalized spacial score (nSPS) is 27.0. The van der Waals surface area contributed by atoms with Crippen LogP contribution in [0.15, 0.2) is 0 Å². The van der Waals surface area contributed by atoms with Crippen LogP contribution in [0.4, 0.5) is 18.0 Å². The Balaban J connectivity index is 2.79. The van der Waals surface area contributed by atoms with Gasteiger partial charge in [-0.05, 0) is 47.5 Å². The molecule has 0 aliphatic carbocycles. The molecule has 0 saturated carbocycles. The number of likely N-dealkylation sites (tertiary alicyclic amines) is 1. The molecule has 0 aromatic carbocycles. The number of carbonyl (C=O) groups is 1. The highest BCUT2D eigenvalue weighted by Gasteiger charge is 2.50. The van der Waals surface area contributed by atoms with Gasteiger partial charge in [0.2, 0.25) is 0 Å². The van der Waals surface area contributed by atoms with Crippen molar-refractivity contribution in [3.05, 3.63) is 0 Å². The van der Waals surface area contributed by atoms with Gasteiger partial charge < -0.3 is 9.64 Å². The first kappa shape index (κ1) is 20.0. The Morgan fingerprint density at radius 2 is 1.52 bits per heavy atom. The Morgan fingerprint density at radius 3 is 1.87 bits per heavy atom. The second-order valence-electron chi connectivity index (χ2n) is 6.68. The van der Waals surface area contributed by atoms with Crippen LogP contribution >= 0.6 is 0 Å². The van der Waals surface area contributed by atoms with E-state index in [2.05, 4.69) is 4.18 Å². The third kappa shape index (κ3) is 5.23. The predicted molar refractivity (Wildman–Crippen MR) is 76.1 cm³/mol. The molecular weight excluding hydrogens is 339 g/mol. The van der Waals surface area contributed by atoms with E-state index in [1.54, 1.807) is 34.6 Å². The van der Waals surface area contributed by atoms with Crippen LogP contribution in [-0.4, -0.2) is 48.7 Å². The molecule has 1 amide bonds. The number of alkyl halides is 3. The van der Waals surface area contributed by atoms with Gasteiger partial charge in [-0.3, -0.25) is 4.18 Å². The Kier molecular flexibility index (Phi) is 5.62. The molecule has 0 aromatic rings. The van der Waals surface area contributed by atoms with Gasteiger partial charge in [0.05, 0.1) is 6.10 Å². The lowest BCUT2D eigenvalue weighted by atomic mass is 9.95. The number of hydrogen-bond donors (Lipinski definition) is 0. The monoisotopic (exact) mass is 361 g/mol. The van der Waals surface area contributed by atoms with E-state index in [1.165, 1.54) is 4.90 Å². The van der Waals surface area contributed by atoms with Crippen LogP contribution in [0.3, 0.4) is 0 Å². The number of hydrogen-bond acceptors (Lipinski definition) is 5. The molecule has 1 rings (SSSR count). The first-order valence-electron chi connectivity index (χ1n) is 7.15. The molecule has 23 heavy (non-hydrogen) atoms. The van der Waals surface area contributed by atoms with Crippen molar-refractivity contribution in [3.63, 3.8) is 0 Å². The fourth-order valence-corrected chi connectivity index (χ4v) is 3.13. The van der Waals surface area contributed by atoms with E-state index in [9.17, 15) is 26.4 Å². The highest BCUT2D eigenvalue weighted by molar-refractivity contribution is 7.87. The second-order valence-corrected chi connectivity index (χ2v) is 8.24. The molecule has 1 aliphatic heterocycles. The van der Waals surface area contributed by atoms with E-state index < -0.39 is 45.5 Å². The van der Waals surface area contributed by atoms with Crippen LogP contribution in [0.2, 0.25) is 0 Å². The maximum atomic E-state index is 12.4. The largest absolute Gasteiger partial charge is 0.523 e. The van der Waals surface area contributed by atoms with Gasteiger partial charge in [0.1, 0.15) is 5.60 Å². The first-order valence-corrected chi connectivity index (χ1v) is 8.56. The van der Waals surface area contributed by atoms with Crippen molar-refractivity contribution < 1.29 is 35.3 Å². The maximum Gasteiger partial charge on any atom is 0.523 e. The molecule has 0 radical (unpaired) electrons. The lowest BCUT2D eigenvalue weighted by Crippen LogP contribution is -2.53. The van der Waals surface area contributed by atoms with Crippen molar-refractivity contribution in [2.24, 2.45) is 0 Å². The zero-order chi connectivity index (χ0) is 18.2. The Bertz CT molecular complexity index is 529. The Morgan fingerprint density at radius 1 is 1.09 bits per heavy atom. The van der Waals surface area contributed by atoms with Gasteiger partial charge in [0, 0.05) is 12.1 Å². The van der Waals surface area contributed by atoms with E-state index in [-0.39, 0.29) is 12.8 Å². The standard InChI is InChI=1S/C13H22F3NO5S/c1-8-6-10(22-23(19,20)13(14,15)16)7-9(2)17(8)11(18)21-12(3,4)5/h8-10H,6-7H2,1-5H3/t8-,9+,10?. The summed E-state index contributed by atoms with van der Waals surface area (Å²) in [4.78, 5) is 13.5. The number of amides is 1. The minimum atomic E-state index is -5.65. The van der Waals surface area contributed by atoms with Gasteiger partial charge in [-0.1, -0.05) is 0 Å². The highest BCUT2D eigenvalue weighted by Crippen LogP contribution is 2.32. The summed E-state index contributed by atoms with van der Waals surface area (Å²) in [7, 11) is -5.65. The fraction of sp³-hybridized carbons (Fsp3) is 0.923. The molecule has 136 valence electrons. The molecule has 6 nitrogen and oxygen atoms in total. The number of ether oxygens (including phenoxy) is 1. The third-order valence-electron chi connectivity index (χ3n) is 3.31. The number of rotatable bonds is 2. The van der Waals surface area contributed by atoms with Crippen molar-refractivity contribution in [1.82, 2.24) is 4.90 Å². The average molecular weight is 361 g/mol. The second kappa shape index (κ2) is 6.46. The molecule has 1 heterocycles. The summed E-state index contributed by atoms with van der Waals surface area (Å²) >= 11 is 0. The lowest BCUT2D eigenvalue weighted by molar-refractivity contribution is -0.0638. The summed E-state index contributed by atoms with van der Waals surface area (Å²) in [5, 5.41) is 0. The summed E-state index contributed by atoms with van der Waals surface area (Å²) in [6, 6.07) is -1.02. The topological polar surface area (TPSA) is 72.9 Å². The summed E-state index contributed by atoms with van der Waals surface area (Å²) in [5.41, 5.74) is -6.16. The van der Waals surface area contributed by atoms with Gasteiger partial charge >= 0.3 is 21.7 Å². The van der Waals surface area contributed by atoms with E-state index in [0.717, 1.165) is 0 Å².